The van der Waals surface area contributed by atoms with Crippen molar-refractivity contribution >= 4 is 29.8 Å². The molecule has 0 saturated carbocycles. The first-order valence-electron chi connectivity index (χ1n) is 13.1. The van der Waals surface area contributed by atoms with Gasteiger partial charge in [-0.1, -0.05) is 6.07 Å². The van der Waals surface area contributed by atoms with Gasteiger partial charge in [0, 0.05) is 38.0 Å². The van der Waals surface area contributed by atoms with E-state index in [1.807, 2.05) is 23.2 Å². The molecule has 3 heterocycles. The number of rotatable bonds is 9. The number of hydrogen-bond donors (Lipinski definition) is 0. The van der Waals surface area contributed by atoms with Crippen LogP contribution in [0.4, 0.5) is 5.69 Å². The lowest BCUT2D eigenvalue weighted by Crippen LogP contribution is -2.39. The first kappa shape index (κ1) is 26.6. The number of fused-ring (bicyclic) bond motifs is 2. The Bertz CT molecular complexity index is 1270. The van der Waals surface area contributed by atoms with Crippen molar-refractivity contribution < 1.29 is 33.3 Å². The van der Waals surface area contributed by atoms with E-state index in [4.69, 9.17) is 23.7 Å². The molecular formula is C29H33N3O7. The molecule has 2 aromatic rings. The highest BCUT2D eigenvalue weighted by Crippen LogP contribution is 2.38. The number of benzene rings is 2. The molecule has 39 heavy (non-hydrogen) atoms. The van der Waals surface area contributed by atoms with Crippen molar-refractivity contribution in [1.29, 1.82) is 0 Å². The van der Waals surface area contributed by atoms with E-state index in [-0.39, 0.29) is 31.1 Å². The molecule has 0 bridgehead atoms. The predicted molar refractivity (Wildman–Crippen MR) is 146 cm³/mol. The Labute approximate surface area is 227 Å². The molecule has 10 heteroatoms. The van der Waals surface area contributed by atoms with Crippen molar-refractivity contribution in [3.63, 3.8) is 0 Å². The average molecular weight is 536 g/mol. The molecular weight excluding hydrogens is 502 g/mol. The second-order valence-electron chi connectivity index (χ2n) is 9.38. The van der Waals surface area contributed by atoms with Crippen molar-refractivity contribution in [2.45, 2.75) is 18.9 Å². The number of carbonyl (C=O) groups excluding carboxylic acids is 2. The number of amides is 2. The standard InChI is InChI=1S/C29H33N3O7/c1-35-25-16-20(6-8-28(33)31-10-12-37-13-11-31)5-7-24(25)38-14-15-39-27-18-23-22(17-26(27)36-2)29(34)32-9-3-4-21(32)19-30-23/h5-8,16-19,21H,3-4,9-15H2,1-2H3/b8-6+/t21-/m0/s1. The van der Waals surface area contributed by atoms with Crippen LogP contribution in [0.2, 0.25) is 0 Å². The van der Waals surface area contributed by atoms with Crippen LogP contribution in [-0.4, -0.2) is 94.2 Å². The van der Waals surface area contributed by atoms with Gasteiger partial charge in [0.1, 0.15) is 13.2 Å². The van der Waals surface area contributed by atoms with Gasteiger partial charge in [0.15, 0.2) is 23.0 Å². The molecule has 2 saturated heterocycles. The van der Waals surface area contributed by atoms with E-state index >= 15 is 0 Å². The van der Waals surface area contributed by atoms with Crippen LogP contribution in [0.5, 0.6) is 23.0 Å². The van der Waals surface area contributed by atoms with Gasteiger partial charge in [0.2, 0.25) is 5.91 Å². The number of hydrogen-bond acceptors (Lipinski definition) is 8. The highest BCUT2D eigenvalue weighted by Gasteiger charge is 2.32. The Kier molecular flexibility index (Phi) is 8.31. The fourth-order valence-corrected chi connectivity index (χ4v) is 4.89. The number of carbonyl (C=O) groups is 2. The molecule has 0 aliphatic carbocycles. The van der Waals surface area contributed by atoms with Crippen LogP contribution < -0.4 is 18.9 Å². The molecule has 3 aliphatic heterocycles. The minimum atomic E-state index is -0.0432. The van der Waals surface area contributed by atoms with Crippen molar-refractivity contribution in [3.05, 3.63) is 47.5 Å². The second-order valence-corrected chi connectivity index (χ2v) is 9.38. The van der Waals surface area contributed by atoms with Crippen LogP contribution in [0.15, 0.2) is 41.4 Å². The van der Waals surface area contributed by atoms with Gasteiger partial charge >= 0.3 is 0 Å². The fraction of sp³-hybridized carbons (Fsp3) is 0.414. The number of methoxy groups -OCH3 is 2. The summed E-state index contributed by atoms with van der Waals surface area (Å²) in [6, 6.07) is 8.95. The number of ether oxygens (including phenoxy) is 5. The third-order valence-corrected chi connectivity index (χ3v) is 6.99. The summed E-state index contributed by atoms with van der Waals surface area (Å²) in [4.78, 5) is 33.6. The zero-order chi connectivity index (χ0) is 27.2. The van der Waals surface area contributed by atoms with Gasteiger partial charge in [-0.3, -0.25) is 14.6 Å². The molecule has 206 valence electrons. The summed E-state index contributed by atoms with van der Waals surface area (Å²) in [6.07, 6.45) is 7.07. The number of nitrogens with zero attached hydrogens (tertiary/aromatic N) is 3. The van der Waals surface area contributed by atoms with Crippen LogP contribution in [0.25, 0.3) is 6.08 Å². The topological polar surface area (TPSA) is 99.1 Å². The van der Waals surface area contributed by atoms with E-state index in [9.17, 15) is 9.59 Å². The third kappa shape index (κ3) is 6.01. The fourth-order valence-electron chi connectivity index (χ4n) is 4.89. The Morgan fingerprint density at radius 2 is 1.74 bits per heavy atom. The second kappa shape index (κ2) is 12.2. The van der Waals surface area contributed by atoms with Crippen LogP contribution in [0.1, 0.15) is 28.8 Å². The van der Waals surface area contributed by atoms with Gasteiger partial charge in [-0.15, -0.1) is 0 Å². The maximum atomic E-state index is 13.0. The summed E-state index contributed by atoms with van der Waals surface area (Å²) in [7, 11) is 3.11. The first-order chi connectivity index (χ1) is 19.1. The minimum Gasteiger partial charge on any atom is -0.493 e. The highest BCUT2D eigenvalue weighted by atomic mass is 16.5. The van der Waals surface area contributed by atoms with Crippen LogP contribution in [-0.2, 0) is 9.53 Å². The lowest BCUT2D eigenvalue weighted by molar-refractivity contribution is -0.129. The number of morpholine rings is 1. The van der Waals surface area contributed by atoms with Gasteiger partial charge in [-0.25, -0.2) is 0 Å². The van der Waals surface area contributed by atoms with Crippen molar-refractivity contribution in [2.75, 3.05) is 60.3 Å². The predicted octanol–water partition coefficient (Wildman–Crippen LogP) is 3.35. The molecule has 0 radical (unpaired) electrons. The van der Waals surface area contributed by atoms with Gasteiger partial charge in [0.05, 0.1) is 44.7 Å². The van der Waals surface area contributed by atoms with E-state index in [1.54, 1.807) is 49.5 Å². The smallest absolute Gasteiger partial charge is 0.256 e. The molecule has 2 aromatic carbocycles. The van der Waals surface area contributed by atoms with Gasteiger partial charge in [-0.2, -0.15) is 0 Å². The van der Waals surface area contributed by atoms with Crippen LogP contribution in [0, 0.1) is 0 Å². The largest absolute Gasteiger partial charge is 0.493 e. The summed E-state index contributed by atoms with van der Waals surface area (Å²) >= 11 is 0. The lowest BCUT2D eigenvalue weighted by Gasteiger charge is -2.25. The zero-order valence-corrected chi connectivity index (χ0v) is 22.3. The van der Waals surface area contributed by atoms with E-state index in [1.165, 1.54) is 0 Å². The molecule has 3 aliphatic rings. The maximum Gasteiger partial charge on any atom is 0.256 e. The summed E-state index contributed by atoms with van der Waals surface area (Å²) in [6.45, 7) is 3.55. The lowest BCUT2D eigenvalue weighted by atomic mass is 10.1. The molecule has 10 nitrogen and oxygen atoms in total. The Morgan fingerprint density at radius 3 is 2.51 bits per heavy atom. The molecule has 1 atom stereocenters. The Balaban J connectivity index is 1.19. The summed E-state index contributed by atoms with van der Waals surface area (Å²) in [5.41, 5.74) is 1.91. The molecule has 0 aromatic heterocycles. The molecule has 0 spiro atoms. The third-order valence-electron chi connectivity index (χ3n) is 6.99. The van der Waals surface area contributed by atoms with Gasteiger partial charge in [-0.05, 0) is 42.7 Å². The average Bonchev–Trinajstić information content (AvgIpc) is 3.41. The SMILES string of the molecule is COc1cc(/C=C/C(=O)N2CCOCC2)ccc1OCCOc1cc2c(cc1OC)C(=O)N1CCC[C@H]1C=N2. The van der Waals surface area contributed by atoms with Crippen molar-refractivity contribution in [1.82, 2.24) is 9.80 Å². The zero-order valence-electron chi connectivity index (χ0n) is 22.3. The van der Waals surface area contributed by atoms with E-state index in [0.717, 1.165) is 24.9 Å². The minimum absolute atomic E-state index is 0.0333. The number of aliphatic imine (C=N–C) groups is 1. The molecule has 0 N–H and O–H groups in total. The van der Waals surface area contributed by atoms with E-state index in [2.05, 4.69) is 4.99 Å². The Morgan fingerprint density at radius 1 is 1.00 bits per heavy atom. The van der Waals surface area contributed by atoms with Gasteiger partial charge < -0.3 is 33.5 Å². The van der Waals surface area contributed by atoms with Crippen LogP contribution in [0.3, 0.4) is 0 Å². The quantitative estimate of drug-likeness (QED) is 0.359. The molecule has 2 amide bonds. The van der Waals surface area contributed by atoms with Crippen LogP contribution >= 0.6 is 0 Å². The van der Waals surface area contributed by atoms with E-state index in [0.29, 0.717) is 60.6 Å². The summed E-state index contributed by atoms with van der Waals surface area (Å²) in [5, 5.41) is 0. The normalized spacial score (nSPS) is 18.5. The monoisotopic (exact) mass is 535 g/mol. The van der Waals surface area contributed by atoms with Gasteiger partial charge in [0.25, 0.3) is 5.91 Å². The molecule has 2 fully saturated rings. The van der Waals surface area contributed by atoms with Crippen molar-refractivity contribution in [2.24, 2.45) is 4.99 Å². The van der Waals surface area contributed by atoms with Crippen molar-refractivity contribution in [3.8, 4) is 23.0 Å². The first-order valence-corrected chi connectivity index (χ1v) is 13.1. The highest BCUT2D eigenvalue weighted by molar-refractivity contribution is 6.03. The van der Waals surface area contributed by atoms with E-state index < -0.39 is 0 Å². The summed E-state index contributed by atoms with van der Waals surface area (Å²) < 4.78 is 28.2. The Hall–Kier alpha value is -4.05. The summed E-state index contributed by atoms with van der Waals surface area (Å²) in [5.74, 6) is 1.99. The molecule has 0 unspecified atom stereocenters. The maximum absolute atomic E-state index is 13.0. The molecule has 5 rings (SSSR count).